The predicted octanol–water partition coefficient (Wildman–Crippen LogP) is 4.41. The van der Waals surface area contributed by atoms with Crippen molar-refractivity contribution in [2.75, 3.05) is 18.0 Å². The van der Waals surface area contributed by atoms with Gasteiger partial charge in [-0.2, -0.15) is 0 Å². The Labute approximate surface area is 191 Å². The first-order chi connectivity index (χ1) is 15.5. The predicted molar refractivity (Wildman–Crippen MR) is 122 cm³/mol. The fraction of sp³-hybridized carbons (Fsp3) is 0.435. The summed E-state index contributed by atoms with van der Waals surface area (Å²) in [6, 6.07) is 9.72. The maximum absolute atomic E-state index is 13.2. The summed E-state index contributed by atoms with van der Waals surface area (Å²) in [6.07, 6.45) is 5.15. The van der Waals surface area contributed by atoms with E-state index in [4.69, 9.17) is 4.42 Å². The molecule has 0 spiro atoms. The first-order valence-electron chi connectivity index (χ1n) is 10.9. The zero-order chi connectivity index (χ0) is 22.5. The Morgan fingerprint density at radius 1 is 1.16 bits per heavy atom. The van der Waals surface area contributed by atoms with Crippen molar-refractivity contribution in [3.05, 3.63) is 59.8 Å². The van der Waals surface area contributed by atoms with Gasteiger partial charge < -0.3 is 14.6 Å². The molecule has 1 fully saturated rings. The molecule has 1 saturated heterocycles. The zero-order valence-electron chi connectivity index (χ0n) is 18.3. The van der Waals surface area contributed by atoms with Crippen LogP contribution in [0.25, 0.3) is 0 Å². The number of hydrogen-bond donors (Lipinski definition) is 1. The molecule has 1 amide bonds. The number of carbonyl (C=O) groups excluding carboxylic acids is 1. The number of halogens is 1. The number of hydrogen-bond acceptors (Lipinski definition) is 6. The lowest BCUT2D eigenvalue weighted by Gasteiger charge is -2.27. The Morgan fingerprint density at radius 2 is 1.91 bits per heavy atom. The van der Waals surface area contributed by atoms with E-state index >= 15 is 0 Å². The van der Waals surface area contributed by atoms with Crippen molar-refractivity contribution in [3.63, 3.8) is 0 Å². The van der Waals surface area contributed by atoms with Crippen molar-refractivity contribution in [1.82, 2.24) is 20.1 Å². The summed E-state index contributed by atoms with van der Waals surface area (Å²) >= 11 is 1.37. The van der Waals surface area contributed by atoms with E-state index in [1.807, 2.05) is 30.5 Å². The second kappa shape index (κ2) is 10.2. The van der Waals surface area contributed by atoms with Gasteiger partial charge in [0.25, 0.3) is 0 Å². The van der Waals surface area contributed by atoms with Crippen molar-refractivity contribution in [2.24, 2.45) is 0 Å². The number of benzene rings is 1. The fourth-order valence-corrected chi connectivity index (χ4v) is 4.62. The lowest BCUT2D eigenvalue weighted by atomic mass is 10.1. The summed E-state index contributed by atoms with van der Waals surface area (Å²) in [6.45, 7) is 6.15. The number of amides is 1. The second-order valence-corrected chi connectivity index (χ2v) is 9.35. The van der Waals surface area contributed by atoms with Crippen LogP contribution < -0.4 is 10.2 Å². The molecule has 0 saturated carbocycles. The topological polar surface area (TPSA) is 76.2 Å². The van der Waals surface area contributed by atoms with E-state index in [0.29, 0.717) is 11.7 Å². The van der Waals surface area contributed by atoms with Crippen LogP contribution in [0.2, 0.25) is 0 Å². The van der Waals surface area contributed by atoms with Gasteiger partial charge in [0.05, 0.1) is 24.1 Å². The van der Waals surface area contributed by atoms with Crippen LogP contribution in [-0.4, -0.2) is 39.0 Å². The van der Waals surface area contributed by atoms with E-state index in [0.717, 1.165) is 43.2 Å². The minimum atomic E-state index is -0.383. The smallest absolute Gasteiger partial charge is 0.233 e. The Hall–Kier alpha value is -2.81. The molecule has 170 valence electrons. The molecule has 7 nitrogen and oxygen atoms in total. The normalized spacial score (nSPS) is 16.0. The average molecular weight is 458 g/mol. The molecule has 2 atom stereocenters. The minimum absolute atomic E-state index is 0.112. The lowest BCUT2D eigenvalue weighted by molar-refractivity contribution is -0.120. The highest BCUT2D eigenvalue weighted by atomic mass is 32.2. The van der Waals surface area contributed by atoms with Crippen LogP contribution in [0.5, 0.6) is 0 Å². The molecule has 0 aliphatic carbocycles. The van der Waals surface area contributed by atoms with Crippen LogP contribution in [0.3, 0.4) is 0 Å². The van der Waals surface area contributed by atoms with Crippen LogP contribution in [0.15, 0.2) is 52.2 Å². The summed E-state index contributed by atoms with van der Waals surface area (Å²) in [5, 5.41) is 12.2. The van der Waals surface area contributed by atoms with Gasteiger partial charge in [-0.1, -0.05) is 23.9 Å². The maximum atomic E-state index is 13.2. The molecule has 1 aliphatic rings. The molecule has 1 aliphatic heterocycles. The highest BCUT2D eigenvalue weighted by Crippen LogP contribution is 2.28. The minimum Gasteiger partial charge on any atom is -0.467 e. The van der Waals surface area contributed by atoms with Gasteiger partial charge in [-0.05, 0) is 62.9 Å². The van der Waals surface area contributed by atoms with Crippen LogP contribution in [-0.2, 0) is 11.3 Å². The Kier molecular flexibility index (Phi) is 7.14. The first kappa shape index (κ1) is 22.4. The molecule has 2 aromatic heterocycles. The molecule has 2 unspecified atom stereocenters. The Balaban J connectivity index is 1.47. The molecule has 0 bridgehead atoms. The molecule has 1 aromatic carbocycles. The van der Waals surface area contributed by atoms with Crippen molar-refractivity contribution in [2.45, 2.75) is 56.1 Å². The molecular weight excluding hydrogens is 429 g/mol. The molecule has 9 heteroatoms. The number of nitrogens with one attached hydrogen (secondary N) is 1. The van der Waals surface area contributed by atoms with Gasteiger partial charge >= 0.3 is 0 Å². The number of anilines is 1. The van der Waals surface area contributed by atoms with Gasteiger partial charge in [0, 0.05) is 13.1 Å². The molecule has 0 radical (unpaired) electrons. The van der Waals surface area contributed by atoms with E-state index in [2.05, 4.69) is 20.4 Å². The third-order valence-corrected chi connectivity index (χ3v) is 6.69. The second-order valence-electron chi connectivity index (χ2n) is 8.04. The van der Waals surface area contributed by atoms with Crippen molar-refractivity contribution < 1.29 is 13.6 Å². The molecular formula is C23H28FN5O2S. The number of nitrogens with zero attached hydrogens (tertiary/aromatic N) is 4. The van der Waals surface area contributed by atoms with Gasteiger partial charge in [-0.15, -0.1) is 10.2 Å². The van der Waals surface area contributed by atoms with Gasteiger partial charge in [-0.3, -0.25) is 9.36 Å². The van der Waals surface area contributed by atoms with Crippen LogP contribution in [0, 0.1) is 5.82 Å². The SMILES string of the molecule is CC(Sc1nnc(N2CCCCC2)n1Cc1ccco1)C(=O)NC(C)c1ccc(F)cc1. The number of carbonyl (C=O) groups is 1. The zero-order valence-corrected chi connectivity index (χ0v) is 19.1. The van der Waals surface area contributed by atoms with Crippen molar-refractivity contribution in [1.29, 1.82) is 0 Å². The molecule has 3 heterocycles. The third-order valence-electron chi connectivity index (χ3n) is 5.61. The summed E-state index contributed by atoms with van der Waals surface area (Å²) in [5.74, 6) is 1.22. The quantitative estimate of drug-likeness (QED) is 0.505. The summed E-state index contributed by atoms with van der Waals surface area (Å²) in [5.41, 5.74) is 0.852. The van der Waals surface area contributed by atoms with Crippen LogP contribution in [0.1, 0.15) is 50.5 Å². The number of thioether (sulfide) groups is 1. The van der Waals surface area contributed by atoms with Gasteiger partial charge in [0.2, 0.25) is 11.9 Å². The van der Waals surface area contributed by atoms with Gasteiger partial charge in [0.1, 0.15) is 11.6 Å². The van der Waals surface area contributed by atoms with Crippen LogP contribution in [0.4, 0.5) is 10.3 Å². The highest BCUT2D eigenvalue weighted by Gasteiger charge is 2.25. The number of aromatic nitrogens is 3. The molecule has 4 rings (SSSR count). The van der Waals surface area contributed by atoms with Gasteiger partial charge in [-0.25, -0.2) is 4.39 Å². The van der Waals surface area contributed by atoms with Crippen LogP contribution >= 0.6 is 11.8 Å². The first-order valence-corrected chi connectivity index (χ1v) is 11.8. The summed E-state index contributed by atoms with van der Waals surface area (Å²) < 4.78 is 20.8. The number of piperidine rings is 1. The van der Waals surface area contributed by atoms with E-state index in [-0.39, 0.29) is 23.0 Å². The van der Waals surface area contributed by atoms with Crippen molar-refractivity contribution in [3.8, 4) is 0 Å². The Bertz CT molecular complexity index is 1020. The van der Waals surface area contributed by atoms with E-state index in [9.17, 15) is 9.18 Å². The van der Waals surface area contributed by atoms with E-state index in [1.165, 1.54) is 30.3 Å². The number of rotatable bonds is 8. The van der Waals surface area contributed by atoms with E-state index < -0.39 is 0 Å². The molecule has 32 heavy (non-hydrogen) atoms. The lowest BCUT2D eigenvalue weighted by Crippen LogP contribution is -2.33. The van der Waals surface area contributed by atoms with Crippen molar-refractivity contribution >= 4 is 23.6 Å². The highest BCUT2D eigenvalue weighted by molar-refractivity contribution is 8.00. The standard InChI is InChI=1S/C23H28FN5O2S/c1-16(18-8-10-19(24)11-9-18)25-21(30)17(2)32-23-27-26-22(28-12-4-3-5-13-28)29(23)15-20-7-6-14-31-20/h6-11,14,16-17H,3-5,12-13,15H2,1-2H3,(H,25,30). The van der Waals surface area contributed by atoms with Gasteiger partial charge in [0.15, 0.2) is 5.16 Å². The number of furan rings is 1. The monoisotopic (exact) mass is 457 g/mol. The maximum Gasteiger partial charge on any atom is 0.233 e. The Morgan fingerprint density at radius 3 is 2.59 bits per heavy atom. The summed E-state index contributed by atoms with van der Waals surface area (Å²) in [4.78, 5) is 15.1. The fourth-order valence-electron chi connectivity index (χ4n) is 3.77. The largest absolute Gasteiger partial charge is 0.467 e. The average Bonchev–Trinajstić information content (AvgIpc) is 3.45. The molecule has 3 aromatic rings. The van der Waals surface area contributed by atoms with E-state index in [1.54, 1.807) is 18.4 Å². The summed E-state index contributed by atoms with van der Waals surface area (Å²) in [7, 11) is 0. The molecule has 1 N–H and O–H groups in total. The third kappa shape index (κ3) is 5.32.